The molecule has 6 nitrogen and oxygen atoms in total. The van der Waals surface area contributed by atoms with Crippen molar-refractivity contribution in [1.82, 2.24) is 0 Å². The van der Waals surface area contributed by atoms with Gasteiger partial charge in [0.15, 0.2) is 0 Å². The van der Waals surface area contributed by atoms with Crippen LogP contribution in [0.1, 0.15) is 42.2 Å². The van der Waals surface area contributed by atoms with Crippen LogP contribution in [0, 0.1) is 5.92 Å². The second-order valence-corrected chi connectivity index (χ2v) is 4.78. The maximum absolute atomic E-state index is 11.0. The van der Waals surface area contributed by atoms with Gasteiger partial charge in [0.05, 0.1) is 11.6 Å². The molecule has 6 heteroatoms. The molecule has 19 heavy (non-hydrogen) atoms. The van der Waals surface area contributed by atoms with Gasteiger partial charge >= 0.3 is 5.97 Å². The van der Waals surface area contributed by atoms with Crippen molar-refractivity contribution in [3.8, 4) is 0 Å². The number of rotatable bonds is 3. The third-order valence-corrected chi connectivity index (χ3v) is 3.71. The number of nitrogens with zero attached hydrogens (tertiary/aromatic N) is 3. The molecule has 0 aliphatic carbocycles. The van der Waals surface area contributed by atoms with Crippen LogP contribution in [0.2, 0.25) is 0 Å². The Kier molecular flexibility index (Phi) is 3.62. The molecule has 1 aromatic carbocycles. The molecule has 0 saturated heterocycles. The molecular weight excluding hydrogens is 244 g/mol. The Bertz CT molecular complexity index is 552. The van der Waals surface area contributed by atoms with Crippen LogP contribution < -0.4 is 5.32 Å². The van der Waals surface area contributed by atoms with E-state index in [0.717, 1.165) is 17.7 Å². The fraction of sp³-hybridized carbons (Fsp3) is 0.462. The third-order valence-electron chi connectivity index (χ3n) is 3.71. The van der Waals surface area contributed by atoms with Crippen molar-refractivity contribution < 1.29 is 9.90 Å². The summed E-state index contributed by atoms with van der Waals surface area (Å²) in [7, 11) is 0. The lowest BCUT2D eigenvalue weighted by atomic mass is 9.82. The van der Waals surface area contributed by atoms with Crippen LogP contribution in [0.3, 0.4) is 0 Å². The van der Waals surface area contributed by atoms with Gasteiger partial charge in [-0.05, 0) is 41.6 Å². The van der Waals surface area contributed by atoms with Crippen molar-refractivity contribution in [2.75, 3.05) is 5.32 Å². The molecule has 0 fully saturated rings. The van der Waals surface area contributed by atoms with Gasteiger partial charge in [0.1, 0.15) is 0 Å². The van der Waals surface area contributed by atoms with Gasteiger partial charge < -0.3 is 10.4 Å². The van der Waals surface area contributed by atoms with Crippen molar-refractivity contribution >= 4 is 11.7 Å². The highest BCUT2D eigenvalue weighted by molar-refractivity contribution is 5.88. The zero-order valence-corrected chi connectivity index (χ0v) is 10.9. The number of fused-ring (bicyclic) bond motifs is 1. The fourth-order valence-electron chi connectivity index (χ4n) is 2.60. The molecule has 2 rings (SSSR count). The minimum atomic E-state index is -0.979. The Morgan fingerprint density at radius 3 is 2.89 bits per heavy atom. The second-order valence-electron chi connectivity index (χ2n) is 4.78. The summed E-state index contributed by atoms with van der Waals surface area (Å²) in [6, 6.07) is 4.79. The summed E-state index contributed by atoms with van der Waals surface area (Å²) in [4.78, 5) is 13.9. The summed E-state index contributed by atoms with van der Waals surface area (Å²) in [6.45, 7) is 4.08. The van der Waals surface area contributed by atoms with Gasteiger partial charge in [-0.1, -0.05) is 19.0 Å². The second kappa shape index (κ2) is 5.20. The van der Waals surface area contributed by atoms with E-state index in [2.05, 4.69) is 22.3 Å². The average molecular weight is 260 g/mol. The highest BCUT2D eigenvalue weighted by Gasteiger charge is 2.32. The molecular formula is C13H16N4O2. The molecule has 0 saturated carbocycles. The summed E-state index contributed by atoms with van der Waals surface area (Å²) in [5.41, 5.74) is 10.5. The molecule has 1 aliphatic heterocycles. The van der Waals surface area contributed by atoms with E-state index in [1.807, 2.05) is 6.92 Å². The molecule has 3 atom stereocenters. The van der Waals surface area contributed by atoms with Crippen LogP contribution in [0.4, 0.5) is 5.69 Å². The lowest BCUT2D eigenvalue weighted by Gasteiger charge is -2.36. The molecule has 2 unspecified atom stereocenters. The van der Waals surface area contributed by atoms with E-state index in [9.17, 15) is 4.79 Å². The van der Waals surface area contributed by atoms with Crippen molar-refractivity contribution in [1.29, 1.82) is 0 Å². The van der Waals surface area contributed by atoms with Crippen molar-refractivity contribution in [3.63, 3.8) is 0 Å². The number of carbonyl (C=O) groups is 1. The number of carboxylic acid groups (broad SMARTS) is 1. The largest absolute Gasteiger partial charge is 0.478 e. The maximum Gasteiger partial charge on any atom is 0.335 e. The molecule has 1 heterocycles. The Morgan fingerprint density at radius 1 is 1.58 bits per heavy atom. The summed E-state index contributed by atoms with van der Waals surface area (Å²) in [6.07, 6.45) is 0.915. The first kappa shape index (κ1) is 13.2. The van der Waals surface area contributed by atoms with Gasteiger partial charge in [0.25, 0.3) is 0 Å². The summed E-state index contributed by atoms with van der Waals surface area (Å²) >= 11 is 0. The van der Waals surface area contributed by atoms with Crippen LogP contribution in [-0.4, -0.2) is 17.1 Å². The SMILES string of the molecule is CCC1Nc2ccc(C(=O)O)cc2[C@@H](N=[N+]=[N-])C1C. The molecule has 0 amide bonds. The van der Waals surface area contributed by atoms with Gasteiger partial charge in [-0.2, -0.15) is 0 Å². The molecule has 100 valence electrons. The number of benzene rings is 1. The van der Waals surface area contributed by atoms with Gasteiger partial charge in [-0.25, -0.2) is 4.79 Å². The molecule has 0 radical (unpaired) electrons. The Morgan fingerprint density at radius 2 is 2.32 bits per heavy atom. The summed E-state index contributed by atoms with van der Waals surface area (Å²) in [5, 5.41) is 16.3. The summed E-state index contributed by atoms with van der Waals surface area (Å²) < 4.78 is 0. The van der Waals surface area contributed by atoms with Crippen LogP contribution in [-0.2, 0) is 0 Å². The molecule has 2 N–H and O–H groups in total. The number of carboxylic acids is 1. The fourth-order valence-corrected chi connectivity index (χ4v) is 2.60. The predicted molar refractivity (Wildman–Crippen MR) is 72.2 cm³/mol. The topological polar surface area (TPSA) is 98.1 Å². The monoisotopic (exact) mass is 260 g/mol. The predicted octanol–water partition coefficient (Wildman–Crippen LogP) is 3.58. The van der Waals surface area contributed by atoms with Crippen molar-refractivity contribution in [3.05, 3.63) is 39.8 Å². The van der Waals surface area contributed by atoms with Gasteiger partial charge in [-0.3, -0.25) is 0 Å². The number of aromatic carboxylic acids is 1. The third kappa shape index (κ3) is 2.35. The molecule has 0 bridgehead atoms. The number of nitrogens with one attached hydrogen (secondary N) is 1. The normalized spacial score (nSPS) is 24.8. The minimum Gasteiger partial charge on any atom is -0.478 e. The molecule has 0 spiro atoms. The first-order chi connectivity index (χ1) is 9.08. The number of hydrogen-bond acceptors (Lipinski definition) is 3. The Hall–Kier alpha value is -2.20. The van der Waals surface area contributed by atoms with E-state index in [1.54, 1.807) is 18.2 Å². The van der Waals surface area contributed by atoms with E-state index < -0.39 is 5.97 Å². The van der Waals surface area contributed by atoms with Gasteiger partial charge in [-0.15, -0.1) is 0 Å². The zero-order valence-electron chi connectivity index (χ0n) is 10.9. The van der Waals surface area contributed by atoms with E-state index in [-0.39, 0.29) is 23.6 Å². The van der Waals surface area contributed by atoms with E-state index >= 15 is 0 Å². The quantitative estimate of drug-likeness (QED) is 0.493. The lowest BCUT2D eigenvalue weighted by molar-refractivity contribution is 0.0696. The maximum atomic E-state index is 11.0. The lowest BCUT2D eigenvalue weighted by Crippen LogP contribution is -2.35. The van der Waals surface area contributed by atoms with Gasteiger partial charge in [0.2, 0.25) is 0 Å². The average Bonchev–Trinajstić information content (AvgIpc) is 2.41. The highest BCUT2D eigenvalue weighted by atomic mass is 16.4. The van der Waals surface area contributed by atoms with Crippen LogP contribution >= 0.6 is 0 Å². The van der Waals surface area contributed by atoms with E-state index in [1.165, 1.54) is 0 Å². The minimum absolute atomic E-state index is 0.123. The first-order valence-corrected chi connectivity index (χ1v) is 6.26. The molecule has 1 aliphatic rings. The van der Waals surface area contributed by atoms with Gasteiger partial charge in [0, 0.05) is 16.6 Å². The van der Waals surface area contributed by atoms with Crippen LogP contribution in [0.5, 0.6) is 0 Å². The number of hydrogen-bond donors (Lipinski definition) is 2. The highest BCUT2D eigenvalue weighted by Crippen LogP contribution is 2.40. The Labute approximate surface area is 111 Å². The van der Waals surface area contributed by atoms with Crippen molar-refractivity contribution in [2.24, 2.45) is 11.0 Å². The number of azide groups is 1. The molecule has 0 aromatic heterocycles. The smallest absolute Gasteiger partial charge is 0.335 e. The zero-order chi connectivity index (χ0) is 14.0. The van der Waals surface area contributed by atoms with Crippen molar-refractivity contribution in [2.45, 2.75) is 32.4 Å². The van der Waals surface area contributed by atoms with E-state index in [0.29, 0.717) is 0 Å². The number of anilines is 1. The van der Waals surface area contributed by atoms with Crippen LogP contribution in [0.15, 0.2) is 23.3 Å². The first-order valence-electron chi connectivity index (χ1n) is 6.26. The molecule has 1 aromatic rings. The standard InChI is InChI=1S/C13H16N4O2/c1-3-10-7(2)12(16-17-14)9-6-8(13(18)19)4-5-11(9)15-10/h4-7,10,12,15H,3H2,1-2H3,(H,18,19)/t7?,10?,12-/m0/s1. The summed E-state index contributed by atoms with van der Waals surface area (Å²) in [5.74, 6) is -0.856. The Balaban J connectivity index is 2.53. The van der Waals surface area contributed by atoms with E-state index in [4.69, 9.17) is 10.6 Å². The van der Waals surface area contributed by atoms with Crippen LogP contribution in [0.25, 0.3) is 10.4 Å².